The number of nitrogens with zero attached hydrogens (tertiary/aromatic N) is 1. The predicted octanol–water partition coefficient (Wildman–Crippen LogP) is 3.60. The van der Waals surface area contributed by atoms with Gasteiger partial charge < -0.3 is 4.90 Å². The van der Waals surface area contributed by atoms with Crippen LogP contribution >= 0.6 is 27.5 Å². The molecule has 1 rings (SSSR count). The molecule has 0 aromatic heterocycles. The van der Waals surface area contributed by atoms with Crippen molar-refractivity contribution in [3.05, 3.63) is 33.8 Å². The van der Waals surface area contributed by atoms with Crippen LogP contribution in [0.2, 0.25) is 0 Å². The zero-order valence-corrected chi connectivity index (χ0v) is 11.1. The number of hydrogen-bond donors (Lipinski definition) is 0. The van der Waals surface area contributed by atoms with Gasteiger partial charge in [0.25, 0.3) is 0 Å². The van der Waals surface area contributed by atoms with E-state index in [-0.39, 0.29) is 5.38 Å². The number of rotatable bonds is 3. The van der Waals surface area contributed by atoms with Crippen molar-refractivity contribution in [1.82, 2.24) is 4.90 Å². The molecule has 0 radical (unpaired) electrons. The van der Waals surface area contributed by atoms with Crippen molar-refractivity contribution < 1.29 is 0 Å². The molecule has 0 fully saturated rings. The third kappa shape index (κ3) is 3.26. The Morgan fingerprint density at radius 3 is 2.57 bits per heavy atom. The average Bonchev–Trinajstić information content (AvgIpc) is 2.08. The zero-order valence-electron chi connectivity index (χ0n) is 8.72. The van der Waals surface area contributed by atoms with Crippen LogP contribution in [0, 0.1) is 6.92 Å². The van der Waals surface area contributed by atoms with E-state index in [4.69, 9.17) is 11.6 Å². The maximum absolute atomic E-state index is 6.26. The monoisotopic (exact) mass is 275 g/mol. The number of aryl methyl sites for hydroxylation is 1. The van der Waals surface area contributed by atoms with Crippen LogP contribution in [-0.4, -0.2) is 25.5 Å². The molecule has 0 aliphatic heterocycles. The van der Waals surface area contributed by atoms with Gasteiger partial charge in [-0.15, -0.1) is 11.6 Å². The predicted molar refractivity (Wildman–Crippen MR) is 66.0 cm³/mol. The minimum Gasteiger partial charge on any atom is -0.308 e. The van der Waals surface area contributed by atoms with Crippen molar-refractivity contribution in [2.75, 3.05) is 20.6 Å². The van der Waals surface area contributed by atoms with E-state index in [0.29, 0.717) is 0 Å². The molecule has 3 heteroatoms. The fraction of sp³-hybridized carbons (Fsp3) is 0.455. The molecule has 0 aliphatic carbocycles. The Morgan fingerprint density at radius 1 is 1.43 bits per heavy atom. The maximum atomic E-state index is 6.26. The van der Waals surface area contributed by atoms with Crippen molar-refractivity contribution >= 4 is 27.5 Å². The fourth-order valence-corrected chi connectivity index (χ4v) is 2.04. The second-order valence-corrected chi connectivity index (χ2v) is 5.12. The normalized spacial score (nSPS) is 13.3. The Hall–Kier alpha value is -0.0500. The second kappa shape index (κ2) is 5.15. The van der Waals surface area contributed by atoms with Crippen molar-refractivity contribution in [2.24, 2.45) is 0 Å². The molecule has 1 aromatic carbocycles. The van der Waals surface area contributed by atoms with E-state index in [1.54, 1.807) is 0 Å². The summed E-state index contributed by atoms with van der Waals surface area (Å²) in [6.07, 6.45) is 0. The molecular weight excluding hydrogens is 261 g/mol. The second-order valence-electron chi connectivity index (χ2n) is 3.74. The van der Waals surface area contributed by atoms with Gasteiger partial charge in [0.1, 0.15) is 0 Å². The molecule has 0 bridgehead atoms. The third-order valence-electron chi connectivity index (χ3n) is 2.08. The van der Waals surface area contributed by atoms with E-state index < -0.39 is 0 Å². The van der Waals surface area contributed by atoms with Crippen LogP contribution in [-0.2, 0) is 0 Å². The molecule has 0 unspecified atom stereocenters. The summed E-state index contributed by atoms with van der Waals surface area (Å²) in [5.41, 5.74) is 2.40. The largest absolute Gasteiger partial charge is 0.308 e. The summed E-state index contributed by atoms with van der Waals surface area (Å²) in [7, 11) is 4.05. The molecule has 0 amide bonds. The van der Waals surface area contributed by atoms with Crippen LogP contribution in [0.25, 0.3) is 0 Å². The smallest absolute Gasteiger partial charge is 0.0712 e. The van der Waals surface area contributed by atoms with Crippen LogP contribution < -0.4 is 0 Å². The van der Waals surface area contributed by atoms with E-state index in [2.05, 4.69) is 46.0 Å². The van der Waals surface area contributed by atoms with E-state index in [9.17, 15) is 0 Å². The molecule has 14 heavy (non-hydrogen) atoms. The first-order valence-corrected chi connectivity index (χ1v) is 5.78. The standard InChI is InChI=1S/C11H15BrClN/c1-8-4-5-9(6-10(8)12)11(13)7-14(2)3/h4-6,11H,7H2,1-3H3/t11-/m0/s1. The Bertz CT molecular complexity index is 312. The highest BCUT2D eigenvalue weighted by molar-refractivity contribution is 9.10. The topological polar surface area (TPSA) is 3.24 Å². The van der Waals surface area contributed by atoms with E-state index in [1.165, 1.54) is 5.56 Å². The number of halogens is 2. The molecule has 0 saturated carbocycles. The fourth-order valence-electron chi connectivity index (χ4n) is 1.23. The molecule has 1 aromatic rings. The highest BCUT2D eigenvalue weighted by Gasteiger charge is 2.09. The number of benzene rings is 1. The van der Waals surface area contributed by atoms with Crippen molar-refractivity contribution in [2.45, 2.75) is 12.3 Å². The Balaban J connectivity index is 2.80. The van der Waals surface area contributed by atoms with Crippen LogP contribution in [0.5, 0.6) is 0 Å². The molecule has 0 N–H and O–H groups in total. The zero-order chi connectivity index (χ0) is 10.7. The Kier molecular flexibility index (Phi) is 4.42. The summed E-state index contributed by atoms with van der Waals surface area (Å²) in [5, 5.41) is 0.0573. The number of alkyl halides is 1. The Labute approximate surface area is 99.2 Å². The highest BCUT2D eigenvalue weighted by atomic mass is 79.9. The molecule has 0 spiro atoms. The lowest BCUT2D eigenvalue weighted by Gasteiger charge is -2.16. The van der Waals surface area contributed by atoms with Gasteiger partial charge in [-0.3, -0.25) is 0 Å². The average molecular weight is 277 g/mol. The van der Waals surface area contributed by atoms with Gasteiger partial charge in [-0.05, 0) is 38.2 Å². The quantitative estimate of drug-likeness (QED) is 0.763. The van der Waals surface area contributed by atoms with Crippen LogP contribution in [0.1, 0.15) is 16.5 Å². The minimum absolute atomic E-state index is 0.0573. The van der Waals surface area contributed by atoms with Gasteiger partial charge in [-0.1, -0.05) is 28.1 Å². The van der Waals surface area contributed by atoms with E-state index in [0.717, 1.165) is 16.6 Å². The highest BCUT2D eigenvalue weighted by Crippen LogP contribution is 2.25. The molecular formula is C11H15BrClN. The van der Waals surface area contributed by atoms with Crippen LogP contribution in [0.3, 0.4) is 0 Å². The Morgan fingerprint density at radius 2 is 2.07 bits per heavy atom. The summed E-state index contributed by atoms with van der Waals surface area (Å²) in [5.74, 6) is 0. The summed E-state index contributed by atoms with van der Waals surface area (Å²) in [6, 6.07) is 6.27. The van der Waals surface area contributed by atoms with Crippen molar-refractivity contribution in [1.29, 1.82) is 0 Å². The summed E-state index contributed by atoms with van der Waals surface area (Å²) in [6.45, 7) is 2.93. The van der Waals surface area contributed by atoms with E-state index >= 15 is 0 Å². The van der Waals surface area contributed by atoms with Gasteiger partial charge in [-0.2, -0.15) is 0 Å². The van der Waals surface area contributed by atoms with Crippen molar-refractivity contribution in [3.8, 4) is 0 Å². The maximum Gasteiger partial charge on any atom is 0.0712 e. The number of hydrogen-bond acceptors (Lipinski definition) is 1. The molecule has 0 saturated heterocycles. The van der Waals surface area contributed by atoms with Crippen molar-refractivity contribution in [3.63, 3.8) is 0 Å². The number of likely N-dealkylation sites (N-methyl/N-ethyl adjacent to an activating group) is 1. The minimum atomic E-state index is 0.0573. The van der Waals surface area contributed by atoms with Gasteiger partial charge in [0, 0.05) is 11.0 Å². The lowest BCUT2D eigenvalue weighted by Crippen LogP contribution is -2.17. The van der Waals surface area contributed by atoms with Gasteiger partial charge >= 0.3 is 0 Å². The van der Waals surface area contributed by atoms with Gasteiger partial charge in [0.05, 0.1) is 5.38 Å². The van der Waals surface area contributed by atoms with Gasteiger partial charge in [-0.25, -0.2) is 0 Å². The van der Waals surface area contributed by atoms with E-state index in [1.807, 2.05) is 14.1 Å². The first-order valence-electron chi connectivity index (χ1n) is 4.55. The molecule has 0 aliphatic rings. The summed E-state index contributed by atoms with van der Waals surface area (Å²) < 4.78 is 1.12. The summed E-state index contributed by atoms with van der Waals surface area (Å²) in [4.78, 5) is 2.09. The van der Waals surface area contributed by atoms with Gasteiger partial charge in [0.15, 0.2) is 0 Å². The van der Waals surface area contributed by atoms with Gasteiger partial charge in [0.2, 0.25) is 0 Å². The molecule has 1 nitrogen and oxygen atoms in total. The molecule has 0 heterocycles. The SMILES string of the molecule is Cc1ccc([C@@H](Cl)CN(C)C)cc1Br. The lowest BCUT2D eigenvalue weighted by molar-refractivity contribution is 0.408. The molecule has 78 valence electrons. The molecule has 1 atom stereocenters. The summed E-state index contributed by atoms with van der Waals surface area (Å²) >= 11 is 9.77. The van der Waals surface area contributed by atoms with Crippen LogP contribution in [0.15, 0.2) is 22.7 Å². The first kappa shape index (κ1) is 12.0. The lowest BCUT2D eigenvalue weighted by atomic mass is 10.1. The third-order valence-corrected chi connectivity index (χ3v) is 3.33. The first-order chi connectivity index (χ1) is 6.50. The van der Waals surface area contributed by atoms with Crippen LogP contribution in [0.4, 0.5) is 0 Å².